The van der Waals surface area contributed by atoms with E-state index in [1.807, 2.05) is 16.4 Å². The number of aliphatic hydroxyl groups is 1. The van der Waals surface area contributed by atoms with Crippen LogP contribution < -0.4 is 0 Å². The maximum atomic E-state index is 9.77. The molecule has 0 bridgehead atoms. The molecule has 0 aliphatic rings. The second-order valence-electron chi connectivity index (χ2n) is 2.72. The fraction of sp³-hybridized carbons (Fsp3) is 0.222. The predicted molar refractivity (Wildman–Crippen MR) is 54.2 cm³/mol. The van der Waals surface area contributed by atoms with Gasteiger partial charge in [-0.05, 0) is 0 Å². The first-order chi connectivity index (χ1) is 6.36. The van der Waals surface area contributed by atoms with Crippen LogP contribution in [0, 0.1) is 0 Å². The Bertz CT molecular complexity index is 344. The Labute approximate surface area is 86.6 Å². The fourth-order valence-corrected chi connectivity index (χ4v) is 3.11. The van der Waals surface area contributed by atoms with Crippen molar-refractivity contribution in [1.82, 2.24) is 4.98 Å². The van der Waals surface area contributed by atoms with Crippen LogP contribution in [0.15, 0.2) is 28.0 Å². The first kappa shape index (κ1) is 9.16. The molecule has 4 heteroatoms. The normalized spacial score (nSPS) is 13.0. The van der Waals surface area contributed by atoms with Crippen LogP contribution in [-0.2, 0) is 6.42 Å². The van der Waals surface area contributed by atoms with Gasteiger partial charge in [0.1, 0.15) is 0 Å². The molecule has 0 amide bonds. The summed E-state index contributed by atoms with van der Waals surface area (Å²) in [6.45, 7) is 0. The predicted octanol–water partition coefficient (Wildman–Crippen LogP) is 1.48. The number of rotatable bonds is 3. The van der Waals surface area contributed by atoms with E-state index in [4.69, 9.17) is 0 Å². The van der Waals surface area contributed by atoms with Crippen LogP contribution in [-0.4, -0.2) is 24.6 Å². The van der Waals surface area contributed by atoms with Crippen molar-refractivity contribution in [2.75, 3.05) is 0 Å². The molecular formula is C9H9NOSSe. The van der Waals surface area contributed by atoms with E-state index in [1.165, 1.54) is 5.56 Å². The number of aromatic nitrogens is 1. The second-order valence-corrected chi connectivity index (χ2v) is 5.45. The molecule has 13 heavy (non-hydrogen) atoms. The Morgan fingerprint density at radius 1 is 1.62 bits per heavy atom. The van der Waals surface area contributed by atoms with Crippen molar-refractivity contribution >= 4 is 25.8 Å². The minimum absolute atomic E-state index is 0.273. The van der Waals surface area contributed by atoms with Crippen molar-refractivity contribution in [3.8, 4) is 0 Å². The van der Waals surface area contributed by atoms with Gasteiger partial charge in [0, 0.05) is 0 Å². The van der Waals surface area contributed by atoms with Gasteiger partial charge in [-0.1, -0.05) is 0 Å². The van der Waals surface area contributed by atoms with Crippen molar-refractivity contribution in [1.29, 1.82) is 0 Å². The summed E-state index contributed by atoms with van der Waals surface area (Å²) in [4.78, 5) is 6.16. The third-order valence-corrected chi connectivity index (χ3v) is 4.32. The molecule has 2 rings (SSSR count). The van der Waals surface area contributed by atoms with E-state index in [0.717, 1.165) is 4.57 Å². The molecule has 0 spiro atoms. The van der Waals surface area contributed by atoms with Gasteiger partial charge in [0.05, 0.1) is 0 Å². The van der Waals surface area contributed by atoms with Gasteiger partial charge >= 0.3 is 86.6 Å². The summed E-state index contributed by atoms with van der Waals surface area (Å²) in [7, 11) is 0. The van der Waals surface area contributed by atoms with Crippen LogP contribution >= 0.6 is 11.3 Å². The van der Waals surface area contributed by atoms with Crippen molar-refractivity contribution in [3.05, 3.63) is 38.1 Å². The average Bonchev–Trinajstić information content (AvgIpc) is 2.74. The summed E-state index contributed by atoms with van der Waals surface area (Å²) < 4.78 is 0.943. The van der Waals surface area contributed by atoms with Crippen LogP contribution in [0.1, 0.15) is 16.2 Å². The summed E-state index contributed by atoms with van der Waals surface area (Å²) in [5.41, 5.74) is 1.20. The molecule has 0 radical (unpaired) electrons. The number of hydrogen-bond donors (Lipinski definition) is 1. The summed E-state index contributed by atoms with van der Waals surface area (Å²) in [5.74, 6) is 0. The summed E-state index contributed by atoms with van der Waals surface area (Å²) in [5, 5.41) is 13.9. The third kappa shape index (κ3) is 2.29. The SMILES string of the molecule is OC(Cc1ccsc1)c1ncc[se]1. The molecule has 2 aromatic heterocycles. The average molecular weight is 258 g/mol. The fourth-order valence-electron chi connectivity index (χ4n) is 1.12. The number of thiophene rings is 1. The second kappa shape index (κ2) is 4.20. The van der Waals surface area contributed by atoms with E-state index in [-0.39, 0.29) is 20.6 Å². The number of aliphatic hydroxyl groups excluding tert-OH is 1. The van der Waals surface area contributed by atoms with Crippen LogP contribution in [0.2, 0.25) is 0 Å². The minimum atomic E-state index is -0.385. The molecule has 1 unspecified atom stereocenters. The Balaban J connectivity index is 2.04. The Kier molecular flexibility index (Phi) is 2.96. The van der Waals surface area contributed by atoms with E-state index < -0.39 is 0 Å². The van der Waals surface area contributed by atoms with Gasteiger partial charge in [-0.3, -0.25) is 0 Å². The molecule has 2 nitrogen and oxygen atoms in total. The van der Waals surface area contributed by atoms with Gasteiger partial charge in [0.25, 0.3) is 0 Å². The van der Waals surface area contributed by atoms with Gasteiger partial charge in [0.2, 0.25) is 0 Å². The van der Waals surface area contributed by atoms with Gasteiger partial charge in [-0.15, -0.1) is 0 Å². The zero-order valence-corrected chi connectivity index (χ0v) is 9.41. The van der Waals surface area contributed by atoms with Crippen LogP contribution in [0.3, 0.4) is 0 Å². The zero-order valence-electron chi connectivity index (χ0n) is 6.88. The molecule has 0 fully saturated rings. The molecule has 0 saturated carbocycles. The molecule has 1 atom stereocenters. The molecule has 2 heterocycles. The van der Waals surface area contributed by atoms with Crippen molar-refractivity contribution in [2.45, 2.75) is 12.5 Å². The van der Waals surface area contributed by atoms with Crippen LogP contribution in [0.5, 0.6) is 0 Å². The van der Waals surface area contributed by atoms with E-state index >= 15 is 0 Å². The Morgan fingerprint density at radius 2 is 2.54 bits per heavy atom. The molecule has 0 aliphatic carbocycles. The quantitative estimate of drug-likeness (QED) is 0.846. The van der Waals surface area contributed by atoms with Gasteiger partial charge in [-0.2, -0.15) is 0 Å². The third-order valence-electron chi connectivity index (χ3n) is 1.75. The molecule has 0 aliphatic heterocycles. The Hall–Kier alpha value is -0.411. The number of nitrogens with zero attached hydrogens (tertiary/aromatic N) is 1. The monoisotopic (exact) mass is 259 g/mol. The van der Waals surface area contributed by atoms with E-state index in [1.54, 1.807) is 17.5 Å². The van der Waals surface area contributed by atoms with Gasteiger partial charge in [-0.25, -0.2) is 0 Å². The van der Waals surface area contributed by atoms with E-state index in [0.29, 0.717) is 6.42 Å². The Morgan fingerprint density at radius 3 is 3.15 bits per heavy atom. The first-order valence-corrected chi connectivity index (χ1v) is 6.73. The molecule has 2 aromatic rings. The topological polar surface area (TPSA) is 33.1 Å². The van der Waals surface area contributed by atoms with Crippen molar-refractivity contribution in [3.63, 3.8) is 0 Å². The molecule has 0 saturated heterocycles. The summed E-state index contributed by atoms with van der Waals surface area (Å²) in [6, 6.07) is 2.05. The van der Waals surface area contributed by atoms with Crippen molar-refractivity contribution < 1.29 is 5.11 Å². The first-order valence-electron chi connectivity index (χ1n) is 3.95. The molecule has 68 valence electrons. The maximum absolute atomic E-state index is 9.77. The van der Waals surface area contributed by atoms with E-state index in [2.05, 4.69) is 10.4 Å². The van der Waals surface area contributed by atoms with Gasteiger partial charge < -0.3 is 0 Å². The molecule has 1 N–H and O–H groups in total. The van der Waals surface area contributed by atoms with Gasteiger partial charge in [0.15, 0.2) is 0 Å². The number of hydrogen-bond acceptors (Lipinski definition) is 3. The summed E-state index contributed by atoms with van der Waals surface area (Å²) in [6.07, 6.45) is 2.10. The standard InChI is InChI=1S/C9H9NOSSe/c11-8(9-10-2-4-13-9)5-7-1-3-12-6-7/h1-4,6,8,11H,5H2. The molecule has 0 aromatic carbocycles. The summed E-state index contributed by atoms with van der Waals surface area (Å²) >= 11 is 1.94. The van der Waals surface area contributed by atoms with Crippen LogP contribution in [0.4, 0.5) is 0 Å². The van der Waals surface area contributed by atoms with Crippen molar-refractivity contribution in [2.24, 2.45) is 0 Å². The van der Waals surface area contributed by atoms with E-state index in [9.17, 15) is 5.11 Å². The van der Waals surface area contributed by atoms with Crippen LogP contribution in [0.25, 0.3) is 0 Å². The zero-order chi connectivity index (χ0) is 9.10. The molecular weight excluding hydrogens is 249 g/mol.